The zero-order valence-electron chi connectivity index (χ0n) is 14.2. The summed E-state index contributed by atoms with van der Waals surface area (Å²) in [5.74, 6) is 0.564. The maximum absolute atomic E-state index is 12.1. The number of amides is 1. The summed E-state index contributed by atoms with van der Waals surface area (Å²) in [5, 5.41) is 7.48. The standard InChI is InChI=1S/C20H25N3O/c1-16-7-5-6-10-19(16)22-20(24)12-11-18-13-21-23(15-18)14-17-8-3-2-4-9-17/h2-4,8-9,11-13,15-16,19H,5-7,10,14H2,1H3,(H,22,24)/b12-11+/t16-,19-/m1/s1. The number of benzene rings is 1. The number of hydrogen-bond acceptors (Lipinski definition) is 2. The average Bonchev–Trinajstić information content (AvgIpc) is 3.03. The fourth-order valence-electron chi connectivity index (χ4n) is 3.26. The van der Waals surface area contributed by atoms with Gasteiger partial charge in [-0.3, -0.25) is 9.48 Å². The van der Waals surface area contributed by atoms with Gasteiger partial charge in [-0.25, -0.2) is 0 Å². The minimum absolute atomic E-state index is 0.00967. The van der Waals surface area contributed by atoms with E-state index < -0.39 is 0 Å². The van der Waals surface area contributed by atoms with Crippen molar-refractivity contribution in [2.24, 2.45) is 5.92 Å². The van der Waals surface area contributed by atoms with Crippen LogP contribution in [0.3, 0.4) is 0 Å². The van der Waals surface area contributed by atoms with Crippen LogP contribution in [-0.2, 0) is 11.3 Å². The highest BCUT2D eigenvalue weighted by Crippen LogP contribution is 2.23. The molecule has 1 saturated carbocycles. The third kappa shape index (κ3) is 4.57. The van der Waals surface area contributed by atoms with Gasteiger partial charge < -0.3 is 5.32 Å². The van der Waals surface area contributed by atoms with Crippen LogP contribution in [0.1, 0.15) is 43.7 Å². The number of nitrogens with one attached hydrogen (secondary N) is 1. The molecular formula is C20H25N3O. The number of carbonyl (C=O) groups excluding carboxylic acids is 1. The molecule has 126 valence electrons. The molecule has 1 heterocycles. The molecule has 2 aromatic rings. The van der Waals surface area contributed by atoms with Crippen LogP contribution >= 0.6 is 0 Å². The van der Waals surface area contributed by atoms with Crippen LogP contribution in [0.5, 0.6) is 0 Å². The highest BCUT2D eigenvalue weighted by molar-refractivity contribution is 5.91. The monoisotopic (exact) mass is 323 g/mol. The highest BCUT2D eigenvalue weighted by atomic mass is 16.1. The summed E-state index contributed by atoms with van der Waals surface area (Å²) in [6, 6.07) is 10.5. The summed E-state index contributed by atoms with van der Waals surface area (Å²) in [7, 11) is 0. The number of hydrogen-bond donors (Lipinski definition) is 1. The predicted octanol–water partition coefficient (Wildman–Crippen LogP) is 3.64. The molecule has 2 atom stereocenters. The average molecular weight is 323 g/mol. The molecule has 1 fully saturated rings. The molecule has 0 saturated heterocycles. The van der Waals surface area contributed by atoms with E-state index in [1.54, 1.807) is 12.3 Å². The first-order chi connectivity index (χ1) is 11.7. The molecule has 1 aliphatic rings. The van der Waals surface area contributed by atoms with Crippen LogP contribution in [-0.4, -0.2) is 21.7 Å². The van der Waals surface area contributed by atoms with Gasteiger partial charge in [0.25, 0.3) is 0 Å². The normalized spacial score (nSPS) is 21.0. The molecule has 24 heavy (non-hydrogen) atoms. The molecule has 1 aromatic carbocycles. The molecule has 4 nitrogen and oxygen atoms in total. The van der Waals surface area contributed by atoms with Crippen molar-refractivity contribution in [3.8, 4) is 0 Å². The summed E-state index contributed by atoms with van der Waals surface area (Å²) in [6.07, 6.45) is 12.0. The second-order valence-electron chi connectivity index (χ2n) is 6.67. The molecule has 0 radical (unpaired) electrons. The van der Waals surface area contributed by atoms with Crippen molar-refractivity contribution in [2.45, 2.75) is 45.2 Å². The predicted molar refractivity (Wildman–Crippen MR) is 96.4 cm³/mol. The van der Waals surface area contributed by atoms with Gasteiger partial charge >= 0.3 is 0 Å². The Morgan fingerprint density at radius 3 is 2.88 bits per heavy atom. The molecule has 0 spiro atoms. The molecule has 0 aliphatic heterocycles. The minimum Gasteiger partial charge on any atom is -0.350 e. The smallest absolute Gasteiger partial charge is 0.244 e. The van der Waals surface area contributed by atoms with Gasteiger partial charge in [0.05, 0.1) is 12.7 Å². The van der Waals surface area contributed by atoms with Crippen molar-refractivity contribution in [2.75, 3.05) is 0 Å². The summed E-state index contributed by atoms with van der Waals surface area (Å²) in [4.78, 5) is 12.1. The van der Waals surface area contributed by atoms with E-state index in [-0.39, 0.29) is 5.91 Å². The van der Waals surface area contributed by atoms with Crippen molar-refractivity contribution >= 4 is 12.0 Å². The summed E-state index contributed by atoms with van der Waals surface area (Å²) in [6.45, 7) is 2.96. The molecule has 0 unspecified atom stereocenters. The van der Waals surface area contributed by atoms with Gasteiger partial charge in [0.1, 0.15) is 0 Å². The van der Waals surface area contributed by atoms with Crippen LogP contribution in [0.25, 0.3) is 6.08 Å². The Bertz CT molecular complexity index is 690. The van der Waals surface area contributed by atoms with Gasteiger partial charge in [-0.15, -0.1) is 0 Å². The van der Waals surface area contributed by atoms with Crippen LogP contribution in [0.4, 0.5) is 0 Å². The lowest BCUT2D eigenvalue weighted by Gasteiger charge is -2.29. The summed E-state index contributed by atoms with van der Waals surface area (Å²) in [5.41, 5.74) is 2.15. The van der Waals surface area contributed by atoms with Crippen molar-refractivity contribution in [1.82, 2.24) is 15.1 Å². The third-order valence-electron chi connectivity index (χ3n) is 4.71. The summed E-state index contributed by atoms with van der Waals surface area (Å²) >= 11 is 0. The van der Waals surface area contributed by atoms with Crippen LogP contribution in [0.15, 0.2) is 48.8 Å². The van der Waals surface area contributed by atoms with Crippen molar-refractivity contribution < 1.29 is 4.79 Å². The molecule has 0 bridgehead atoms. The molecule has 1 amide bonds. The first-order valence-electron chi connectivity index (χ1n) is 8.75. The number of nitrogens with zero attached hydrogens (tertiary/aromatic N) is 2. The van der Waals surface area contributed by atoms with Gasteiger partial charge in [0, 0.05) is 23.9 Å². The SMILES string of the molecule is C[C@@H]1CCCC[C@H]1NC(=O)/C=C/c1cnn(Cc2ccccc2)c1. The van der Waals surface area contributed by atoms with Gasteiger partial charge in [-0.1, -0.05) is 50.1 Å². The van der Waals surface area contributed by atoms with Gasteiger partial charge in [-0.05, 0) is 30.4 Å². The highest BCUT2D eigenvalue weighted by Gasteiger charge is 2.21. The zero-order valence-corrected chi connectivity index (χ0v) is 14.2. The van der Waals surface area contributed by atoms with Gasteiger partial charge in [-0.2, -0.15) is 5.10 Å². The Morgan fingerprint density at radius 1 is 1.29 bits per heavy atom. The second kappa shape index (κ2) is 7.95. The molecule has 4 heteroatoms. The van der Waals surface area contributed by atoms with Crippen LogP contribution in [0.2, 0.25) is 0 Å². The van der Waals surface area contributed by atoms with E-state index in [1.165, 1.54) is 24.8 Å². The Morgan fingerprint density at radius 2 is 2.08 bits per heavy atom. The minimum atomic E-state index is -0.00967. The number of rotatable bonds is 5. The maximum Gasteiger partial charge on any atom is 0.244 e. The van der Waals surface area contributed by atoms with Crippen LogP contribution < -0.4 is 5.32 Å². The van der Waals surface area contributed by atoms with E-state index in [4.69, 9.17) is 0 Å². The molecule has 3 rings (SSSR count). The maximum atomic E-state index is 12.1. The first-order valence-corrected chi connectivity index (χ1v) is 8.75. The van der Waals surface area contributed by atoms with Gasteiger partial charge in [0.15, 0.2) is 0 Å². The fraction of sp³-hybridized carbons (Fsp3) is 0.400. The summed E-state index contributed by atoms with van der Waals surface area (Å²) < 4.78 is 1.89. The fourth-order valence-corrected chi connectivity index (χ4v) is 3.26. The Hall–Kier alpha value is -2.36. The number of carbonyl (C=O) groups is 1. The Kier molecular flexibility index (Phi) is 5.47. The molecule has 1 N–H and O–H groups in total. The second-order valence-corrected chi connectivity index (χ2v) is 6.67. The van der Waals surface area contributed by atoms with Crippen molar-refractivity contribution in [1.29, 1.82) is 0 Å². The quantitative estimate of drug-likeness (QED) is 0.854. The lowest BCUT2D eigenvalue weighted by Crippen LogP contribution is -2.40. The largest absolute Gasteiger partial charge is 0.350 e. The van der Waals surface area contributed by atoms with E-state index in [2.05, 4.69) is 29.5 Å². The molecule has 1 aromatic heterocycles. The molecular weight excluding hydrogens is 298 g/mol. The van der Waals surface area contributed by atoms with Crippen molar-refractivity contribution in [3.63, 3.8) is 0 Å². The van der Waals surface area contributed by atoms with E-state index >= 15 is 0 Å². The lowest BCUT2D eigenvalue weighted by atomic mass is 9.86. The Balaban J connectivity index is 1.53. The molecule has 1 aliphatic carbocycles. The van der Waals surface area contributed by atoms with E-state index in [0.717, 1.165) is 18.5 Å². The topological polar surface area (TPSA) is 46.9 Å². The Labute approximate surface area is 143 Å². The third-order valence-corrected chi connectivity index (χ3v) is 4.71. The van der Waals surface area contributed by atoms with E-state index in [0.29, 0.717) is 12.0 Å². The zero-order chi connectivity index (χ0) is 16.8. The number of aromatic nitrogens is 2. The van der Waals surface area contributed by atoms with Crippen molar-refractivity contribution in [3.05, 3.63) is 59.9 Å². The van der Waals surface area contributed by atoms with E-state index in [9.17, 15) is 4.79 Å². The lowest BCUT2D eigenvalue weighted by molar-refractivity contribution is -0.117. The van der Waals surface area contributed by atoms with Crippen LogP contribution in [0, 0.1) is 5.92 Å². The van der Waals surface area contributed by atoms with Gasteiger partial charge in [0.2, 0.25) is 5.91 Å². The van der Waals surface area contributed by atoms with E-state index in [1.807, 2.05) is 35.2 Å². The first kappa shape index (κ1) is 16.5.